The molecule has 0 saturated heterocycles. The van der Waals surface area contributed by atoms with E-state index in [1.165, 1.54) is 0 Å². The molecule has 1 aliphatic rings. The lowest BCUT2D eigenvalue weighted by molar-refractivity contribution is -0.173. The Balaban J connectivity index is 1.89. The first kappa shape index (κ1) is 13.2. The van der Waals surface area contributed by atoms with Crippen LogP contribution in [0.1, 0.15) is 22.8 Å². The van der Waals surface area contributed by atoms with Crippen LogP contribution in [0, 0.1) is 6.92 Å². The molecule has 0 fully saturated rings. The standard InChI is InChI=1S/C11H14F3N3O/c1-7-8-4-15-5-9(8)17-10(16-7)2-3-18-6-11(12,13)14/h15H,2-6H2,1H3. The number of alkyl halides is 3. The molecule has 4 nitrogen and oxygen atoms in total. The summed E-state index contributed by atoms with van der Waals surface area (Å²) >= 11 is 0. The molecule has 0 amide bonds. The average molecular weight is 261 g/mol. The largest absolute Gasteiger partial charge is 0.411 e. The molecular weight excluding hydrogens is 247 g/mol. The molecule has 2 heterocycles. The Morgan fingerprint density at radius 3 is 2.78 bits per heavy atom. The number of halogens is 3. The Morgan fingerprint density at radius 2 is 2.06 bits per heavy atom. The summed E-state index contributed by atoms with van der Waals surface area (Å²) in [4.78, 5) is 8.58. The highest BCUT2D eigenvalue weighted by atomic mass is 19.4. The van der Waals surface area contributed by atoms with Gasteiger partial charge in [-0.2, -0.15) is 13.2 Å². The molecule has 0 atom stereocenters. The van der Waals surface area contributed by atoms with Crippen LogP contribution >= 0.6 is 0 Å². The number of ether oxygens (including phenoxy) is 1. The van der Waals surface area contributed by atoms with E-state index in [1.807, 2.05) is 6.92 Å². The maximum Gasteiger partial charge on any atom is 0.411 e. The number of nitrogens with one attached hydrogen (secondary N) is 1. The number of hydrogen-bond acceptors (Lipinski definition) is 4. The lowest BCUT2D eigenvalue weighted by atomic mass is 10.2. The number of aryl methyl sites for hydroxylation is 1. The van der Waals surface area contributed by atoms with Crippen LogP contribution in [0.3, 0.4) is 0 Å². The molecule has 0 aromatic carbocycles. The van der Waals surface area contributed by atoms with Crippen molar-refractivity contribution in [2.45, 2.75) is 32.6 Å². The van der Waals surface area contributed by atoms with Gasteiger partial charge in [0.05, 0.1) is 12.3 Å². The molecular formula is C11H14F3N3O. The number of hydrogen-bond donors (Lipinski definition) is 1. The van der Waals surface area contributed by atoms with Crippen LogP contribution in [-0.2, 0) is 24.2 Å². The van der Waals surface area contributed by atoms with Crippen molar-refractivity contribution in [2.75, 3.05) is 13.2 Å². The van der Waals surface area contributed by atoms with E-state index >= 15 is 0 Å². The van der Waals surface area contributed by atoms with Crippen LogP contribution in [0.2, 0.25) is 0 Å². The van der Waals surface area contributed by atoms with Crippen molar-refractivity contribution in [3.05, 3.63) is 22.8 Å². The third-order valence-electron chi connectivity index (χ3n) is 2.68. The molecule has 0 bridgehead atoms. The molecule has 0 saturated carbocycles. The summed E-state index contributed by atoms with van der Waals surface area (Å²) < 4.78 is 40.1. The fraction of sp³-hybridized carbons (Fsp3) is 0.636. The number of rotatable bonds is 4. The van der Waals surface area contributed by atoms with E-state index < -0.39 is 12.8 Å². The SMILES string of the molecule is Cc1nc(CCOCC(F)(F)F)nc2c1CNC2. The highest BCUT2D eigenvalue weighted by Gasteiger charge is 2.27. The van der Waals surface area contributed by atoms with E-state index in [0.29, 0.717) is 18.8 Å². The van der Waals surface area contributed by atoms with Crippen molar-refractivity contribution in [3.63, 3.8) is 0 Å². The van der Waals surface area contributed by atoms with Gasteiger partial charge in [-0.25, -0.2) is 9.97 Å². The molecule has 0 radical (unpaired) electrons. The Labute approximate surface area is 103 Å². The minimum Gasteiger partial charge on any atom is -0.372 e. The smallest absolute Gasteiger partial charge is 0.372 e. The summed E-state index contributed by atoms with van der Waals surface area (Å²) in [5, 5.41) is 3.16. The van der Waals surface area contributed by atoms with Gasteiger partial charge in [0.25, 0.3) is 0 Å². The summed E-state index contributed by atoms with van der Waals surface area (Å²) in [5.41, 5.74) is 2.92. The van der Waals surface area contributed by atoms with Crippen molar-refractivity contribution in [2.24, 2.45) is 0 Å². The third-order valence-corrected chi connectivity index (χ3v) is 2.68. The van der Waals surface area contributed by atoms with Gasteiger partial charge >= 0.3 is 6.18 Å². The first-order valence-electron chi connectivity index (χ1n) is 5.66. The Bertz CT molecular complexity index is 434. The molecule has 1 aromatic heterocycles. The number of nitrogens with zero attached hydrogens (tertiary/aromatic N) is 2. The summed E-state index contributed by atoms with van der Waals surface area (Å²) in [6, 6.07) is 0. The van der Waals surface area contributed by atoms with Crippen molar-refractivity contribution in [1.29, 1.82) is 0 Å². The molecule has 1 aromatic rings. The van der Waals surface area contributed by atoms with Gasteiger partial charge in [0, 0.05) is 30.8 Å². The lowest BCUT2D eigenvalue weighted by Gasteiger charge is -2.08. The highest BCUT2D eigenvalue weighted by Crippen LogP contribution is 2.17. The van der Waals surface area contributed by atoms with Crippen LogP contribution in [-0.4, -0.2) is 29.4 Å². The molecule has 18 heavy (non-hydrogen) atoms. The third kappa shape index (κ3) is 3.39. The zero-order valence-corrected chi connectivity index (χ0v) is 9.97. The van der Waals surface area contributed by atoms with Crippen molar-refractivity contribution >= 4 is 0 Å². The van der Waals surface area contributed by atoms with E-state index in [1.54, 1.807) is 0 Å². The quantitative estimate of drug-likeness (QED) is 0.835. The average Bonchev–Trinajstić information content (AvgIpc) is 2.71. The predicted molar refractivity (Wildman–Crippen MR) is 57.9 cm³/mol. The summed E-state index contributed by atoms with van der Waals surface area (Å²) in [6.07, 6.45) is -3.98. The van der Waals surface area contributed by atoms with Gasteiger partial charge in [-0.05, 0) is 6.92 Å². The molecule has 7 heteroatoms. The van der Waals surface area contributed by atoms with Gasteiger partial charge in [-0.3, -0.25) is 0 Å². The minimum absolute atomic E-state index is 0.0227. The second-order valence-corrected chi connectivity index (χ2v) is 4.17. The van der Waals surface area contributed by atoms with Crippen molar-refractivity contribution in [1.82, 2.24) is 15.3 Å². The summed E-state index contributed by atoms with van der Waals surface area (Å²) in [6.45, 7) is 2.08. The van der Waals surface area contributed by atoms with Gasteiger partial charge in [0.1, 0.15) is 12.4 Å². The van der Waals surface area contributed by atoms with Crippen LogP contribution < -0.4 is 5.32 Å². The van der Waals surface area contributed by atoms with Crippen LogP contribution in [0.4, 0.5) is 13.2 Å². The zero-order valence-electron chi connectivity index (χ0n) is 9.97. The molecule has 1 aliphatic heterocycles. The second kappa shape index (κ2) is 5.19. The summed E-state index contributed by atoms with van der Waals surface area (Å²) in [7, 11) is 0. The first-order valence-corrected chi connectivity index (χ1v) is 5.66. The Kier molecular flexibility index (Phi) is 3.82. The molecule has 0 aliphatic carbocycles. The van der Waals surface area contributed by atoms with Gasteiger partial charge < -0.3 is 10.1 Å². The maximum atomic E-state index is 11.9. The minimum atomic E-state index is -4.28. The number of fused-ring (bicyclic) bond motifs is 1. The Hall–Kier alpha value is -1.21. The predicted octanol–water partition coefficient (Wildman–Crippen LogP) is 1.51. The van der Waals surface area contributed by atoms with Crippen LogP contribution in [0.25, 0.3) is 0 Å². The summed E-state index contributed by atoms with van der Waals surface area (Å²) in [5.74, 6) is 0.539. The highest BCUT2D eigenvalue weighted by molar-refractivity contribution is 5.28. The van der Waals surface area contributed by atoms with E-state index in [4.69, 9.17) is 0 Å². The van der Waals surface area contributed by atoms with Crippen molar-refractivity contribution in [3.8, 4) is 0 Å². The number of aromatic nitrogens is 2. The van der Waals surface area contributed by atoms with Crippen LogP contribution in [0.15, 0.2) is 0 Å². The molecule has 100 valence electrons. The monoisotopic (exact) mass is 261 g/mol. The normalized spacial score (nSPS) is 14.9. The molecule has 2 rings (SSSR count). The van der Waals surface area contributed by atoms with Gasteiger partial charge in [-0.15, -0.1) is 0 Å². The fourth-order valence-electron chi connectivity index (χ4n) is 1.86. The topological polar surface area (TPSA) is 47.0 Å². The zero-order chi connectivity index (χ0) is 13.2. The van der Waals surface area contributed by atoms with E-state index in [0.717, 1.165) is 23.5 Å². The lowest BCUT2D eigenvalue weighted by Crippen LogP contribution is -2.18. The van der Waals surface area contributed by atoms with E-state index in [2.05, 4.69) is 20.0 Å². The first-order chi connectivity index (χ1) is 8.46. The maximum absolute atomic E-state index is 11.9. The molecule has 1 N–H and O–H groups in total. The molecule has 0 spiro atoms. The molecule has 0 unspecified atom stereocenters. The second-order valence-electron chi connectivity index (χ2n) is 4.17. The van der Waals surface area contributed by atoms with Gasteiger partial charge in [0.15, 0.2) is 0 Å². The van der Waals surface area contributed by atoms with E-state index in [-0.39, 0.29) is 6.61 Å². The van der Waals surface area contributed by atoms with Gasteiger partial charge in [0.2, 0.25) is 0 Å². The van der Waals surface area contributed by atoms with Crippen LogP contribution in [0.5, 0.6) is 0 Å². The Morgan fingerprint density at radius 1 is 1.28 bits per heavy atom. The van der Waals surface area contributed by atoms with Crippen molar-refractivity contribution < 1.29 is 17.9 Å². The van der Waals surface area contributed by atoms with E-state index in [9.17, 15) is 13.2 Å². The fourth-order valence-corrected chi connectivity index (χ4v) is 1.86. The van der Waals surface area contributed by atoms with Gasteiger partial charge in [-0.1, -0.05) is 0 Å².